The van der Waals surface area contributed by atoms with Crippen molar-refractivity contribution in [3.05, 3.63) is 0 Å². The summed E-state index contributed by atoms with van der Waals surface area (Å²) in [4.78, 5) is 27.0. The lowest BCUT2D eigenvalue weighted by atomic mass is 9.95. The van der Waals surface area contributed by atoms with Crippen molar-refractivity contribution in [1.82, 2.24) is 9.80 Å². The summed E-state index contributed by atoms with van der Waals surface area (Å²) in [6, 6.07) is 0.0393. The van der Waals surface area contributed by atoms with E-state index in [2.05, 4.69) is 0 Å². The zero-order valence-corrected chi connectivity index (χ0v) is 12.1. The van der Waals surface area contributed by atoms with Crippen LogP contribution >= 0.6 is 0 Å². The van der Waals surface area contributed by atoms with Crippen molar-refractivity contribution in [3.63, 3.8) is 0 Å². The molecule has 0 spiro atoms. The summed E-state index contributed by atoms with van der Waals surface area (Å²) in [6.07, 6.45) is 2.88. The lowest BCUT2D eigenvalue weighted by molar-refractivity contribution is -0.138. The number of rotatable bonds is 2. The fourth-order valence-electron chi connectivity index (χ4n) is 3.02. The SMILES string of the molecule is CC1CN(C(=O)N2CCCC(CC(=O)O)C2)CCCO1. The highest BCUT2D eigenvalue weighted by Gasteiger charge is 2.29. The van der Waals surface area contributed by atoms with Crippen molar-refractivity contribution in [2.45, 2.75) is 38.7 Å². The first-order valence-electron chi connectivity index (χ1n) is 7.43. The molecule has 0 radical (unpaired) electrons. The van der Waals surface area contributed by atoms with E-state index in [1.807, 2.05) is 16.7 Å². The first-order chi connectivity index (χ1) is 9.56. The molecule has 20 heavy (non-hydrogen) atoms. The second-order valence-corrected chi connectivity index (χ2v) is 5.82. The molecule has 114 valence electrons. The van der Waals surface area contributed by atoms with Crippen molar-refractivity contribution in [3.8, 4) is 0 Å². The lowest BCUT2D eigenvalue weighted by Crippen LogP contribution is -2.49. The fraction of sp³-hybridized carbons (Fsp3) is 0.857. The Morgan fingerprint density at radius 3 is 2.65 bits per heavy atom. The fourth-order valence-corrected chi connectivity index (χ4v) is 3.02. The van der Waals surface area contributed by atoms with E-state index in [9.17, 15) is 9.59 Å². The van der Waals surface area contributed by atoms with Crippen LogP contribution < -0.4 is 0 Å². The number of piperidine rings is 1. The maximum absolute atomic E-state index is 12.5. The van der Waals surface area contributed by atoms with Crippen molar-refractivity contribution >= 4 is 12.0 Å². The third kappa shape index (κ3) is 4.10. The first kappa shape index (κ1) is 15.1. The van der Waals surface area contributed by atoms with E-state index in [1.54, 1.807) is 0 Å². The summed E-state index contributed by atoms with van der Waals surface area (Å²) in [6.45, 7) is 5.33. The third-order valence-electron chi connectivity index (χ3n) is 3.98. The van der Waals surface area contributed by atoms with Gasteiger partial charge in [-0.1, -0.05) is 0 Å². The van der Waals surface area contributed by atoms with E-state index >= 15 is 0 Å². The molecule has 0 aliphatic carbocycles. The molecule has 2 fully saturated rings. The normalized spacial score (nSPS) is 28.1. The van der Waals surface area contributed by atoms with Crippen molar-refractivity contribution in [1.29, 1.82) is 0 Å². The van der Waals surface area contributed by atoms with Crippen LogP contribution in [0.15, 0.2) is 0 Å². The van der Waals surface area contributed by atoms with E-state index in [-0.39, 0.29) is 24.5 Å². The van der Waals surface area contributed by atoms with Gasteiger partial charge >= 0.3 is 12.0 Å². The molecule has 0 aromatic heterocycles. The Morgan fingerprint density at radius 1 is 1.20 bits per heavy atom. The maximum atomic E-state index is 12.5. The van der Waals surface area contributed by atoms with Crippen LogP contribution in [0.5, 0.6) is 0 Å². The number of likely N-dealkylation sites (tertiary alicyclic amines) is 1. The maximum Gasteiger partial charge on any atom is 0.320 e. The van der Waals surface area contributed by atoms with Crippen LogP contribution in [-0.2, 0) is 9.53 Å². The van der Waals surface area contributed by atoms with Crippen LogP contribution in [0.3, 0.4) is 0 Å². The topological polar surface area (TPSA) is 70.1 Å². The molecule has 2 saturated heterocycles. The molecule has 2 unspecified atom stereocenters. The van der Waals surface area contributed by atoms with Crippen LogP contribution in [0.1, 0.15) is 32.6 Å². The Bertz CT molecular complexity index is 361. The molecule has 2 rings (SSSR count). The number of hydrogen-bond donors (Lipinski definition) is 1. The molecule has 0 bridgehead atoms. The van der Waals surface area contributed by atoms with Crippen LogP contribution in [0.4, 0.5) is 4.79 Å². The molecule has 6 heteroatoms. The van der Waals surface area contributed by atoms with E-state index in [0.717, 1.165) is 32.4 Å². The summed E-state index contributed by atoms with van der Waals surface area (Å²) in [5, 5.41) is 8.88. The monoisotopic (exact) mass is 284 g/mol. The smallest absolute Gasteiger partial charge is 0.320 e. The van der Waals surface area contributed by atoms with Crippen LogP contribution in [0.2, 0.25) is 0 Å². The van der Waals surface area contributed by atoms with Crippen LogP contribution in [-0.4, -0.2) is 65.8 Å². The van der Waals surface area contributed by atoms with Crippen molar-refractivity contribution in [2.24, 2.45) is 5.92 Å². The van der Waals surface area contributed by atoms with Gasteiger partial charge in [0, 0.05) is 39.2 Å². The van der Waals surface area contributed by atoms with Gasteiger partial charge in [0.15, 0.2) is 0 Å². The number of carbonyl (C=O) groups is 2. The zero-order valence-electron chi connectivity index (χ0n) is 12.1. The molecule has 2 atom stereocenters. The van der Waals surface area contributed by atoms with E-state index in [0.29, 0.717) is 19.7 Å². The minimum Gasteiger partial charge on any atom is -0.481 e. The Morgan fingerprint density at radius 2 is 1.90 bits per heavy atom. The third-order valence-corrected chi connectivity index (χ3v) is 3.98. The molecule has 2 heterocycles. The number of amides is 2. The first-order valence-corrected chi connectivity index (χ1v) is 7.43. The van der Waals surface area contributed by atoms with Gasteiger partial charge in [-0.25, -0.2) is 4.79 Å². The van der Waals surface area contributed by atoms with E-state index in [1.165, 1.54) is 0 Å². The molecule has 0 aromatic rings. The molecule has 6 nitrogen and oxygen atoms in total. The predicted octanol–water partition coefficient (Wildman–Crippen LogP) is 1.40. The van der Waals surface area contributed by atoms with Gasteiger partial charge in [-0.2, -0.15) is 0 Å². The quantitative estimate of drug-likeness (QED) is 0.832. The minimum absolute atomic E-state index is 0.0393. The number of urea groups is 1. The van der Waals surface area contributed by atoms with Crippen LogP contribution in [0, 0.1) is 5.92 Å². The number of hydrogen-bond acceptors (Lipinski definition) is 3. The number of carboxylic acids is 1. The molecule has 2 aliphatic heterocycles. The molecule has 2 amide bonds. The average Bonchev–Trinajstić information content (AvgIpc) is 2.62. The molecule has 1 N–H and O–H groups in total. The largest absolute Gasteiger partial charge is 0.481 e. The Balaban J connectivity index is 1.91. The average molecular weight is 284 g/mol. The standard InChI is InChI=1S/C14H24N2O4/c1-11-9-15(6-3-7-20-11)14(19)16-5-2-4-12(10-16)8-13(17)18/h11-12H,2-10H2,1H3,(H,17,18). The van der Waals surface area contributed by atoms with Crippen LogP contribution in [0.25, 0.3) is 0 Å². The summed E-state index contributed by atoms with van der Waals surface area (Å²) in [5.74, 6) is -0.688. The lowest BCUT2D eigenvalue weighted by Gasteiger charge is -2.36. The van der Waals surface area contributed by atoms with Gasteiger partial charge < -0.3 is 19.6 Å². The second-order valence-electron chi connectivity index (χ2n) is 5.82. The van der Waals surface area contributed by atoms with Gasteiger partial charge in [0.1, 0.15) is 0 Å². The summed E-state index contributed by atoms with van der Waals surface area (Å²) < 4.78 is 5.55. The van der Waals surface area contributed by atoms with Gasteiger partial charge in [0.2, 0.25) is 0 Å². The van der Waals surface area contributed by atoms with Crippen molar-refractivity contribution in [2.75, 3.05) is 32.8 Å². The summed E-state index contributed by atoms with van der Waals surface area (Å²) in [7, 11) is 0. The minimum atomic E-state index is -0.777. The Labute approximate surface area is 119 Å². The molecule has 0 saturated carbocycles. The van der Waals surface area contributed by atoms with E-state index in [4.69, 9.17) is 9.84 Å². The number of aliphatic carboxylic acids is 1. The van der Waals surface area contributed by atoms with Gasteiger partial charge in [-0.15, -0.1) is 0 Å². The van der Waals surface area contributed by atoms with Gasteiger partial charge in [-0.3, -0.25) is 4.79 Å². The molecular formula is C14H24N2O4. The number of carboxylic acid groups (broad SMARTS) is 1. The predicted molar refractivity (Wildman–Crippen MR) is 73.5 cm³/mol. The number of carbonyl (C=O) groups excluding carboxylic acids is 1. The summed E-state index contributed by atoms with van der Waals surface area (Å²) in [5.41, 5.74) is 0. The molecular weight excluding hydrogens is 260 g/mol. The molecule has 0 aromatic carbocycles. The Hall–Kier alpha value is -1.30. The Kier molecular flexibility index (Phi) is 5.23. The number of ether oxygens (including phenoxy) is 1. The van der Waals surface area contributed by atoms with Gasteiger partial charge in [0.25, 0.3) is 0 Å². The highest BCUT2D eigenvalue weighted by atomic mass is 16.5. The molecule has 2 aliphatic rings. The summed E-state index contributed by atoms with van der Waals surface area (Å²) >= 11 is 0. The number of nitrogens with zero attached hydrogens (tertiary/aromatic N) is 2. The highest BCUT2D eigenvalue weighted by Crippen LogP contribution is 2.21. The van der Waals surface area contributed by atoms with Gasteiger partial charge in [0.05, 0.1) is 6.10 Å². The van der Waals surface area contributed by atoms with E-state index < -0.39 is 5.97 Å². The highest BCUT2D eigenvalue weighted by molar-refractivity contribution is 5.75. The zero-order chi connectivity index (χ0) is 14.5. The second kappa shape index (κ2) is 6.92. The van der Waals surface area contributed by atoms with Gasteiger partial charge in [-0.05, 0) is 32.1 Å². The van der Waals surface area contributed by atoms with Crippen molar-refractivity contribution < 1.29 is 19.4 Å².